The summed E-state index contributed by atoms with van der Waals surface area (Å²) in [6.45, 7) is 15.4. The van der Waals surface area contributed by atoms with Crippen molar-refractivity contribution in [1.82, 2.24) is 46.3 Å². The van der Waals surface area contributed by atoms with E-state index in [4.69, 9.17) is 47.4 Å². The van der Waals surface area contributed by atoms with E-state index >= 15 is 4.79 Å². The SMILES string of the molecule is COc1c(C)cc2c(c1O)[C@H]1C3[C@@H]4SC[C@]5(N[C@@H](CNC(=O)OCc6ccc(NC(=O)[C@H](C)NC(=O)[C@@H](NC(=O)CCOCCOCCOCCOCCNC(=O)CCN7CC=CC7=O)C(C)C)cc6)Cc6c5[nH]c5ccccc65)C(=O)OC[C@@H](c5c6c(c(C)c(OC(C)=O)c54)OCO6)N3C3(O)CN1C2(C)C3. The van der Waals surface area contributed by atoms with E-state index in [2.05, 4.69) is 53.6 Å². The van der Waals surface area contributed by atoms with Crippen LogP contribution in [0.25, 0.3) is 10.9 Å². The third-order valence-electron chi connectivity index (χ3n) is 21.4. The lowest BCUT2D eigenvalue weighted by atomic mass is 9.75. The first kappa shape index (κ1) is 76.2. The van der Waals surface area contributed by atoms with Crippen molar-refractivity contribution in [3.63, 3.8) is 0 Å². The Kier molecular flexibility index (Phi) is 22.8. The largest absolute Gasteiger partial charge is 0.504 e. The number of aliphatic hydroxyl groups is 1. The summed E-state index contributed by atoms with van der Waals surface area (Å²) in [6.07, 6.45) is 3.37. The smallest absolute Gasteiger partial charge is 0.407 e. The van der Waals surface area contributed by atoms with Crippen LogP contribution < -0.4 is 50.8 Å². The minimum atomic E-state index is -1.61. The van der Waals surface area contributed by atoms with Crippen LogP contribution in [0.4, 0.5) is 10.5 Å². The van der Waals surface area contributed by atoms with Crippen LogP contribution in [0.5, 0.6) is 28.7 Å². The van der Waals surface area contributed by atoms with Gasteiger partial charge in [0.2, 0.25) is 36.3 Å². The van der Waals surface area contributed by atoms with E-state index < -0.39 is 94.1 Å². The molecule has 30 nitrogen and oxygen atoms in total. The molecule has 6 amide bonds. The molecule has 0 aliphatic carbocycles. The second-order valence-corrected chi connectivity index (χ2v) is 30.0. The number of rotatable bonds is 30. The fourth-order valence-electron chi connectivity index (χ4n) is 16.5. The van der Waals surface area contributed by atoms with E-state index in [9.17, 15) is 43.8 Å². The first-order valence-electron chi connectivity index (χ1n) is 36.4. The van der Waals surface area contributed by atoms with Gasteiger partial charge in [0.25, 0.3) is 0 Å². The first-order chi connectivity index (χ1) is 51.4. The van der Waals surface area contributed by atoms with Crippen molar-refractivity contribution in [3.05, 3.63) is 117 Å². The maximum Gasteiger partial charge on any atom is 0.407 e. The van der Waals surface area contributed by atoms with Crippen molar-refractivity contribution in [2.75, 3.05) is 117 Å². The molecular formula is C76H94N10O20S. The highest BCUT2D eigenvalue weighted by Gasteiger charge is 2.72. The van der Waals surface area contributed by atoms with E-state index in [0.29, 0.717) is 116 Å². The number of ether oxygens (including phenoxy) is 10. The number of hydrogen-bond donors (Lipinski definition) is 9. The molecule has 107 heavy (non-hydrogen) atoms. The molecule has 9 N–H and O–H groups in total. The molecule has 4 aromatic carbocycles. The number of amides is 6. The average Bonchev–Trinajstić information content (AvgIpc) is 1.48. The zero-order valence-corrected chi connectivity index (χ0v) is 62.1. The van der Waals surface area contributed by atoms with Crippen molar-refractivity contribution in [1.29, 1.82) is 0 Å². The predicted molar refractivity (Wildman–Crippen MR) is 388 cm³/mol. The van der Waals surface area contributed by atoms with Crippen molar-refractivity contribution < 1.29 is 95.9 Å². The van der Waals surface area contributed by atoms with Crippen molar-refractivity contribution in [2.24, 2.45) is 5.92 Å². The number of hydrogen-bond acceptors (Lipinski definition) is 24. The molecule has 3 fully saturated rings. The maximum atomic E-state index is 15.8. The molecule has 10 heterocycles. The number of carbonyl (C=O) groups excluding carboxylic acids is 8. The Morgan fingerprint density at radius 1 is 0.822 bits per heavy atom. The van der Waals surface area contributed by atoms with Gasteiger partial charge < -0.3 is 94.0 Å². The van der Waals surface area contributed by atoms with Crippen LogP contribution in [0.2, 0.25) is 0 Å². The molecule has 9 aliphatic heterocycles. The van der Waals surface area contributed by atoms with E-state index in [-0.39, 0.29) is 107 Å². The van der Waals surface area contributed by atoms with E-state index in [1.807, 2.05) is 44.2 Å². The van der Waals surface area contributed by atoms with Crippen LogP contribution >= 0.6 is 11.8 Å². The number of para-hydroxylation sites is 1. The van der Waals surface area contributed by atoms with Gasteiger partial charge in [0.1, 0.15) is 36.8 Å². The average molecular weight is 1500 g/mol. The van der Waals surface area contributed by atoms with Gasteiger partial charge in [-0.2, -0.15) is 0 Å². The van der Waals surface area contributed by atoms with Gasteiger partial charge >= 0.3 is 18.0 Å². The maximum absolute atomic E-state index is 15.8. The minimum absolute atomic E-state index is 0.00181. The molecule has 9 aliphatic rings. The molecule has 0 saturated carbocycles. The number of aromatic amines is 1. The van der Waals surface area contributed by atoms with Gasteiger partial charge in [0.15, 0.2) is 28.5 Å². The summed E-state index contributed by atoms with van der Waals surface area (Å²) in [6, 6.07) is 11.8. The number of methoxy groups -OCH3 is 1. The van der Waals surface area contributed by atoms with Crippen LogP contribution in [-0.4, -0.2) is 219 Å². The summed E-state index contributed by atoms with van der Waals surface area (Å²) in [5.74, 6) is -1.78. The molecular weight excluding hydrogens is 1400 g/mol. The number of thioether (sulfide) groups is 1. The van der Waals surface area contributed by atoms with Crippen LogP contribution in [0.3, 0.4) is 0 Å². The normalized spacial score (nSPS) is 24.1. The summed E-state index contributed by atoms with van der Waals surface area (Å²) >= 11 is 1.43. The Morgan fingerprint density at radius 2 is 1.54 bits per heavy atom. The topological polar surface area (TPSA) is 367 Å². The number of nitrogens with one attached hydrogen (secondary N) is 7. The van der Waals surface area contributed by atoms with Crippen LogP contribution in [0, 0.1) is 19.8 Å². The number of phenols is 1. The van der Waals surface area contributed by atoms with E-state index in [0.717, 1.165) is 27.6 Å². The molecule has 3 unspecified atom stereocenters. The van der Waals surface area contributed by atoms with Crippen LogP contribution in [0.15, 0.2) is 66.7 Å². The fraction of sp³-hybridized carbons (Fsp3) is 0.526. The number of aromatic hydroxyl groups is 1. The zero-order chi connectivity index (χ0) is 75.6. The highest BCUT2D eigenvalue weighted by molar-refractivity contribution is 7.99. The molecule has 10 atom stereocenters. The van der Waals surface area contributed by atoms with Gasteiger partial charge in [-0.15, -0.1) is 11.8 Å². The van der Waals surface area contributed by atoms with Crippen molar-refractivity contribution in [2.45, 2.75) is 139 Å². The number of fused-ring (bicyclic) bond motifs is 11. The van der Waals surface area contributed by atoms with E-state index in [1.54, 1.807) is 49.1 Å². The van der Waals surface area contributed by atoms with Crippen LogP contribution in [-0.2, 0) is 86.1 Å². The Bertz CT molecular complexity index is 4290. The molecule has 3 saturated heterocycles. The second-order valence-electron chi connectivity index (χ2n) is 28.8. The molecule has 0 radical (unpaired) electrons. The number of nitrogens with zero attached hydrogens (tertiary/aromatic N) is 3. The Balaban J connectivity index is 0.596. The lowest BCUT2D eigenvalue weighted by molar-refractivity contribution is -0.196. The molecule has 4 bridgehead atoms. The Morgan fingerprint density at radius 3 is 2.25 bits per heavy atom. The standard InChI is InChI=1S/C76H94N10O20S/c1-41(2)60(82-55(89)20-24-98-26-28-100-30-31-101-29-27-99-25-21-77-54(88)19-23-84-22-11-14-56(84)90)71(93)79-44(5)70(92)80-47-17-15-46(16-18-47)35-103-73(95)78-34-48-33-50-49-12-9-10-13-52(49)81-69(50)76(83-48)39-107-68-59-58(67-66(104-40-105-67)43(4)65(59)106-45(6)87)53(36-102-72(76)94)86-62(68)61-57-51(32-42(3)64(97-8)63(57)91)74(7)37-75(86,96)38-85(61)74/h9-18,32,41,44,48,53,60-62,68,81,83,91,96H,19-31,33-40H2,1-8H3,(H,77,88)(H,78,95)(H,79,93)(H,80,92)(H,82,89)/t44-,48+,53-,60-,61-,62?,68+,74?,75?,76+/m0/s1. The summed E-state index contributed by atoms with van der Waals surface area (Å²) in [4.78, 5) is 116. The number of piperazine rings is 1. The summed E-state index contributed by atoms with van der Waals surface area (Å²) in [7, 11) is 1.53. The summed E-state index contributed by atoms with van der Waals surface area (Å²) in [5.41, 5.74) is 3.38. The third-order valence-corrected chi connectivity index (χ3v) is 22.9. The first-order valence-corrected chi connectivity index (χ1v) is 37.4. The van der Waals surface area contributed by atoms with Crippen molar-refractivity contribution >= 4 is 75.9 Å². The number of alkyl carbamates (subject to hydrolysis) is 1. The van der Waals surface area contributed by atoms with Crippen LogP contribution in [0.1, 0.15) is 121 Å². The fourth-order valence-corrected chi connectivity index (χ4v) is 18.2. The summed E-state index contributed by atoms with van der Waals surface area (Å²) < 4.78 is 59.2. The number of phenolic OH excluding ortho intramolecular Hbond substituents is 1. The molecule has 574 valence electrons. The number of H-pyrrole nitrogens is 1. The highest BCUT2D eigenvalue weighted by atomic mass is 32.2. The Labute approximate surface area is 623 Å². The Hall–Kier alpha value is -9.05. The number of esters is 2. The van der Waals surface area contributed by atoms with E-state index in [1.165, 1.54) is 38.8 Å². The monoisotopic (exact) mass is 1500 g/mol. The van der Waals surface area contributed by atoms with Gasteiger partial charge in [-0.05, 0) is 86.6 Å². The predicted octanol–water partition coefficient (Wildman–Crippen LogP) is 4.87. The number of benzene rings is 4. The molecule has 1 aromatic heterocycles. The number of aromatic nitrogens is 1. The number of carbonyl (C=O) groups is 8. The molecule has 31 heteroatoms. The zero-order valence-electron chi connectivity index (χ0n) is 61.3. The summed E-state index contributed by atoms with van der Waals surface area (Å²) in [5, 5.41) is 43.7. The number of anilines is 1. The molecule has 1 spiro atoms. The lowest BCUT2D eigenvalue weighted by Crippen LogP contribution is -2.68. The molecule has 5 aromatic rings. The minimum Gasteiger partial charge on any atom is -0.504 e. The lowest BCUT2D eigenvalue weighted by Gasteiger charge is -2.59. The van der Waals surface area contributed by atoms with Crippen molar-refractivity contribution in [3.8, 4) is 28.7 Å². The number of aryl methyl sites for hydroxylation is 1. The van der Waals surface area contributed by atoms with Gasteiger partial charge in [-0.25, -0.2) is 9.59 Å². The van der Waals surface area contributed by atoms with Gasteiger partial charge in [0, 0.05) is 127 Å². The third kappa shape index (κ3) is 15.2. The van der Waals surface area contributed by atoms with Gasteiger partial charge in [0.05, 0.1) is 83.0 Å². The molecule has 14 rings (SSSR count). The highest BCUT2D eigenvalue weighted by Crippen LogP contribution is 2.71. The second kappa shape index (κ2) is 32.0. The quantitative estimate of drug-likeness (QED) is 0.0168. The van der Waals surface area contributed by atoms with Gasteiger partial charge in [-0.3, -0.25) is 43.9 Å². The van der Waals surface area contributed by atoms with Gasteiger partial charge in [-0.1, -0.05) is 50.3 Å².